The minimum Gasteiger partial charge on any atom is -0.444 e. The van der Waals surface area contributed by atoms with Crippen LogP contribution in [0, 0.1) is 11.3 Å². The Kier molecular flexibility index (Phi) is 6.07. The van der Waals surface area contributed by atoms with Crippen LogP contribution in [0.1, 0.15) is 45.6 Å². The second kappa shape index (κ2) is 7.87. The number of hydrogen-bond acceptors (Lipinski definition) is 6. The molecule has 8 heteroatoms. The topological polar surface area (TPSA) is 82.4 Å². The molecule has 0 aromatic carbocycles. The van der Waals surface area contributed by atoms with Gasteiger partial charge in [-0.2, -0.15) is 5.26 Å². The highest BCUT2D eigenvalue weighted by molar-refractivity contribution is 6.30. The Labute approximate surface area is 153 Å². The lowest BCUT2D eigenvalue weighted by atomic mass is 10.00. The number of nitrogens with zero attached hydrogens (tertiary/aromatic N) is 5. The van der Waals surface area contributed by atoms with Gasteiger partial charge in [-0.25, -0.2) is 14.8 Å². The maximum atomic E-state index is 12.2. The van der Waals surface area contributed by atoms with Gasteiger partial charge in [-0.3, -0.25) is 0 Å². The molecular weight excluding hydrogens is 342 g/mol. The van der Waals surface area contributed by atoms with Gasteiger partial charge in [-0.15, -0.1) is 0 Å². The molecule has 1 amide bonds. The van der Waals surface area contributed by atoms with Crippen LogP contribution >= 0.6 is 11.6 Å². The molecule has 1 aliphatic rings. The van der Waals surface area contributed by atoms with Crippen LogP contribution in [0.4, 0.5) is 10.6 Å². The van der Waals surface area contributed by atoms with Crippen LogP contribution in [-0.2, 0) is 4.74 Å². The fourth-order valence-corrected chi connectivity index (χ4v) is 3.02. The Bertz CT molecular complexity index is 660. The van der Waals surface area contributed by atoms with Gasteiger partial charge in [0.25, 0.3) is 0 Å². The van der Waals surface area contributed by atoms with Crippen molar-refractivity contribution in [2.24, 2.45) is 0 Å². The third-order valence-electron chi connectivity index (χ3n) is 3.94. The maximum Gasteiger partial charge on any atom is 0.410 e. The van der Waals surface area contributed by atoms with E-state index in [2.05, 4.69) is 20.9 Å². The lowest BCUT2D eigenvalue weighted by Gasteiger charge is -2.37. The van der Waals surface area contributed by atoms with Crippen molar-refractivity contribution in [1.82, 2.24) is 14.9 Å². The van der Waals surface area contributed by atoms with Gasteiger partial charge in [-0.1, -0.05) is 18.5 Å². The first-order valence-electron chi connectivity index (χ1n) is 8.33. The number of ether oxygens (including phenoxy) is 1. The highest BCUT2D eigenvalue weighted by Gasteiger charge is 2.28. The molecule has 1 aromatic heterocycles. The predicted molar refractivity (Wildman–Crippen MR) is 95.7 cm³/mol. The number of aromatic nitrogens is 2. The molecule has 0 saturated carbocycles. The van der Waals surface area contributed by atoms with Crippen molar-refractivity contribution in [2.45, 2.75) is 45.6 Å². The van der Waals surface area contributed by atoms with Crippen LogP contribution in [0.15, 0.2) is 6.33 Å². The van der Waals surface area contributed by atoms with Crippen molar-refractivity contribution in [2.75, 3.05) is 31.1 Å². The van der Waals surface area contributed by atoms with Crippen molar-refractivity contribution in [3.63, 3.8) is 0 Å². The van der Waals surface area contributed by atoms with Crippen molar-refractivity contribution in [1.29, 1.82) is 5.26 Å². The normalized spacial score (nSPS) is 16.3. The van der Waals surface area contributed by atoms with Crippen molar-refractivity contribution < 1.29 is 9.53 Å². The summed E-state index contributed by atoms with van der Waals surface area (Å²) in [4.78, 5) is 24.4. The minimum atomic E-state index is -0.506. The van der Waals surface area contributed by atoms with Gasteiger partial charge in [0.05, 0.1) is 6.07 Å². The smallest absolute Gasteiger partial charge is 0.410 e. The lowest BCUT2D eigenvalue weighted by molar-refractivity contribution is 0.0240. The number of nitriles is 1. The van der Waals surface area contributed by atoms with E-state index >= 15 is 0 Å². The molecular formula is C17H24ClN5O2. The van der Waals surface area contributed by atoms with E-state index in [1.807, 2.05) is 27.7 Å². The molecule has 0 aliphatic carbocycles. The van der Waals surface area contributed by atoms with Gasteiger partial charge in [0.1, 0.15) is 22.9 Å². The fraction of sp³-hybridized carbons (Fsp3) is 0.647. The molecule has 2 heterocycles. The SMILES string of the molecule is CC(CC#N)c1c(Cl)ncnc1N1CCN(C(=O)OC(C)(C)C)CC1. The first-order valence-corrected chi connectivity index (χ1v) is 8.71. The van der Waals surface area contributed by atoms with Crippen LogP contribution in [0.3, 0.4) is 0 Å². The number of carbonyl (C=O) groups excluding carboxylic acids is 1. The van der Waals surface area contributed by atoms with E-state index in [4.69, 9.17) is 21.6 Å². The van der Waals surface area contributed by atoms with Crippen molar-refractivity contribution in [3.8, 4) is 6.07 Å². The quantitative estimate of drug-likeness (QED) is 0.765. The second-order valence-corrected chi connectivity index (χ2v) is 7.48. The summed E-state index contributed by atoms with van der Waals surface area (Å²) in [5.41, 5.74) is 0.283. The molecule has 0 bridgehead atoms. The summed E-state index contributed by atoms with van der Waals surface area (Å²) in [6.07, 6.45) is 1.48. The Morgan fingerprint density at radius 3 is 2.56 bits per heavy atom. The molecule has 1 aliphatic heterocycles. The average molecular weight is 366 g/mol. The molecule has 0 radical (unpaired) electrons. The monoisotopic (exact) mass is 365 g/mol. The lowest BCUT2D eigenvalue weighted by Crippen LogP contribution is -2.50. The van der Waals surface area contributed by atoms with Crippen molar-refractivity contribution >= 4 is 23.5 Å². The third kappa shape index (κ3) is 4.95. The standard InChI is InChI=1S/C17H24ClN5O2/c1-12(5-6-19)13-14(18)20-11-21-15(13)22-7-9-23(10-8-22)16(24)25-17(2,3)4/h11-12H,5,7-10H2,1-4H3. The van der Waals surface area contributed by atoms with E-state index < -0.39 is 5.60 Å². The van der Waals surface area contributed by atoms with Gasteiger partial charge in [0.2, 0.25) is 0 Å². The zero-order valence-electron chi connectivity index (χ0n) is 15.1. The summed E-state index contributed by atoms with van der Waals surface area (Å²) in [6, 6.07) is 2.16. The van der Waals surface area contributed by atoms with Gasteiger partial charge in [0.15, 0.2) is 0 Å². The highest BCUT2D eigenvalue weighted by atomic mass is 35.5. The zero-order chi connectivity index (χ0) is 18.6. The van der Waals surface area contributed by atoms with Gasteiger partial charge < -0.3 is 14.5 Å². The van der Waals surface area contributed by atoms with Crippen LogP contribution in [0.2, 0.25) is 5.15 Å². The molecule has 136 valence electrons. The summed E-state index contributed by atoms with van der Waals surface area (Å²) < 4.78 is 5.42. The highest BCUT2D eigenvalue weighted by Crippen LogP contribution is 2.33. The Morgan fingerprint density at radius 1 is 1.36 bits per heavy atom. The Balaban J connectivity index is 2.10. The van der Waals surface area contributed by atoms with E-state index in [0.29, 0.717) is 37.8 Å². The van der Waals surface area contributed by atoms with Crippen LogP contribution in [-0.4, -0.2) is 52.7 Å². The number of amides is 1. The number of rotatable bonds is 3. The second-order valence-electron chi connectivity index (χ2n) is 7.12. The van der Waals surface area contributed by atoms with E-state index in [-0.39, 0.29) is 12.0 Å². The molecule has 1 atom stereocenters. The summed E-state index contributed by atoms with van der Waals surface area (Å²) in [5.74, 6) is 0.684. The van der Waals surface area contributed by atoms with Crippen LogP contribution in [0.25, 0.3) is 0 Å². The molecule has 0 N–H and O–H groups in total. The Hall–Kier alpha value is -2.07. The molecule has 1 saturated heterocycles. The largest absolute Gasteiger partial charge is 0.444 e. The molecule has 1 unspecified atom stereocenters. The number of carbonyl (C=O) groups is 1. The Morgan fingerprint density at radius 2 is 2.00 bits per heavy atom. The summed E-state index contributed by atoms with van der Waals surface area (Å²) in [6.45, 7) is 9.84. The summed E-state index contributed by atoms with van der Waals surface area (Å²) in [7, 11) is 0. The van der Waals surface area contributed by atoms with E-state index in [0.717, 1.165) is 11.4 Å². The molecule has 1 fully saturated rings. The number of anilines is 1. The first kappa shape index (κ1) is 19.3. The van der Waals surface area contributed by atoms with Gasteiger partial charge in [0, 0.05) is 44.1 Å². The molecule has 2 rings (SSSR count). The number of hydrogen-bond donors (Lipinski definition) is 0. The number of halogens is 1. The summed E-state index contributed by atoms with van der Waals surface area (Å²) in [5, 5.41) is 9.35. The van der Waals surface area contributed by atoms with E-state index in [1.54, 1.807) is 4.90 Å². The summed E-state index contributed by atoms with van der Waals surface area (Å²) >= 11 is 6.26. The molecule has 0 spiro atoms. The fourth-order valence-electron chi connectivity index (χ4n) is 2.71. The molecule has 1 aromatic rings. The molecule has 25 heavy (non-hydrogen) atoms. The van der Waals surface area contributed by atoms with Gasteiger partial charge in [-0.05, 0) is 20.8 Å². The third-order valence-corrected chi connectivity index (χ3v) is 4.24. The van der Waals surface area contributed by atoms with E-state index in [1.165, 1.54) is 6.33 Å². The predicted octanol–water partition coefficient (Wildman–Crippen LogP) is 3.20. The average Bonchev–Trinajstić information content (AvgIpc) is 2.53. The first-order chi connectivity index (χ1) is 11.7. The zero-order valence-corrected chi connectivity index (χ0v) is 15.9. The molecule has 7 nitrogen and oxygen atoms in total. The van der Waals surface area contributed by atoms with Crippen LogP contribution in [0.5, 0.6) is 0 Å². The van der Waals surface area contributed by atoms with Crippen molar-refractivity contribution in [3.05, 3.63) is 17.0 Å². The minimum absolute atomic E-state index is 0.0578. The van der Waals surface area contributed by atoms with Gasteiger partial charge >= 0.3 is 6.09 Å². The maximum absolute atomic E-state index is 12.2. The van der Waals surface area contributed by atoms with E-state index in [9.17, 15) is 4.79 Å². The van der Waals surface area contributed by atoms with Crippen LogP contribution < -0.4 is 4.90 Å². The number of piperazine rings is 1.